The molecule has 4 nitrogen and oxygen atoms in total. The molecule has 1 aromatic heterocycles. The highest BCUT2D eigenvalue weighted by atomic mass is 16.3. The van der Waals surface area contributed by atoms with E-state index in [1.165, 1.54) is 12.8 Å². The van der Waals surface area contributed by atoms with Crippen molar-refractivity contribution in [3.05, 3.63) is 18.5 Å². The SMILES string of the molecule is OCC1(CNCCn2cccn2)CCCC1. The minimum atomic E-state index is 0.157. The van der Waals surface area contributed by atoms with Crippen LogP contribution in [-0.4, -0.2) is 34.6 Å². The summed E-state index contributed by atoms with van der Waals surface area (Å²) >= 11 is 0. The highest BCUT2D eigenvalue weighted by molar-refractivity contribution is 4.86. The Morgan fingerprint density at radius 2 is 2.19 bits per heavy atom. The van der Waals surface area contributed by atoms with E-state index in [0.29, 0.717) is 6.61 Å². The van der Waals surface area contributed by atoms with Gasteiger partial charge in [0, 0.05) is 37.5 Å². The Balaban J connectivity index is 1.67. The van der Waals surface area contributed by atoms with E-state index in [2.05, 4.69) is 10.4 Å². The summed E-state index contributed by atoms with van der Waals surface area (Å²) in [4.78, 5) is 0. The lowest BCUT2D eigenvalue weighted by molar-refractivity contribution is 0.128. The zero-order valence-corrected chi connectivity index (χ0v) is 9.73. The molecular formula is C12H21N3O. The van der Waals surface area contributed by atoms with Crippen LogP contribution >= 0.6 is 0 Å². The van der Waals surface area contributed by atoms with Crippen molar-refractivity contribution in [2.75, 3.05) is 19.7 Å². The van der Waals surface area contributed by atoms with Gasteiger partial charge in [-0.3, -0.25) is 4.68 Å². The van der Waals surface area contributed by atoms with Gasteiger partial charge in [-0.25, -0.2) is 0 Å². The fourth-order valence-electron chi connectivity index (χ4n) is 2.50. The molecule has 0 radical (unpaired) electrons. The van der Waals surface area contributed by atoms with Crippen LogP contribution in [0.2, 0.25) is 0 Å². The summed E-state index contributed by atoms with van der Waals surface area (Å²) in [5.74, 6) is 0. The third-order valence-corrected chi connectivity index (χ3v) is 3.58. The van der Waals surface area contributed by atoms with Crippen molar-refractivity contribution in [1.29, 1.82) is 0 Å². The van der Waals surface area contributed by atoms with Gasteiger partial charge in [0.2, 0.25) is 0 Å². The zero-order valence-electron chi connectivity index (χ0n) is 9.73. The number of hydrogen-bond donors (Lipinski definition) is 2. The van der Waals surface area contributed by atoms with E-state index in [-0.39, 0.29) is 5.41 Å². The molecule has 1 fully saturated rings. The molecule has 1 saturated carbocycles. The first kappa shape index (κ1) is 11.6. The fraction of sp³-hybridized carbons (Fsp3) is 0.750. The summed E-state index contributed by atoms with van der Waals surface area (Å²) in [6.07, 6.45) is 8.63. The molecule has 4 heteroatoms. The first-order valence-corrected chi connectivity index (χ1v) is 6.14. The Labute approximate surface area is 96.7 Å². The topological polar surface area (TPSA) is 50.1 Å². The van der Waals surface area contributed by atoms with Gasteiger partial charge in [0.15, 0.2) is 0 Å². The minimum Gasteiger partial charge on any atom is -0.396 e. The van der Waals surface area contributed by atoms with E-state index in [9.17, 15) is 5.11 Å². The lowest BCUT2D eigenvalue weighted by Crippen LogP contribution is -2.36. The van der Waals surface area contributed by atoms with Crippen molar-refractivity contribution < 1.29 is 5.11 Å². The third-order valence-electron chi connectivity index (χ3n) is 3.58. The predicted octanol–water partition coefficient (Wildman–Crippen LogP) is 1.03. The average Bonchev–Trinajstić information content (AvgIpc) is 2.97. The maximum Gasteiger partial charge on any atom is 0.0533 e. The molecule has 1 aromatic rings. The molecule has 0 bridgehead atoms. The largest absolute Gasteiger partial charge is 0.396 e. The molecule has 16 heavy (non-hydrogen) atoms. The highest BCUT2D eigenvalue weighted by Gasteiger charge is 2.32. The predicted molar refractivity (Wildman–Crippen MR) is 63.1 cm³/mol. The number of nitrogens with one attached hydrogen (secondary N) is 1. The number of hydrogen-bond acceptors (Lipinski definition) is 3. The molecule has 1 heterocycles. The van der Waals surface area contributed by atoms with Gasteiger partial charge in [0.1, 0.15) is 0 Å². The summed E-state index contributed by atoms with van der Waals surface area (Å²) in [7, 11) is 0. The lowest BCUT2D eigenvalue weighted by Gasteiger charge is -2.26. The second kappa shape index (κ2) is 5.46. The molecule has 2 rings (SSSR count). The Morgan fingerprint density at radius 1 is 1.38 bits per heavy atom. The molecule has 90 valence electrons. The smallest absolute Gasteiger partial charge is 0.0533 e. The monoisotopic (exact) mass is 223 g/mol. The van der Waals surface area contributed by atoms with Crippen molar-refractivity contribution >= 4 is 0 Å². The van der Waals surface area contributed by atoms with E-state index in [4.69, 9.17) is 0 Å². The Morgan fingerprint density at radius 3 is 2.81 bits per heavy atom. The van der Waals surface area contributed by atoms with E-state index in [1.807, 2.05) is 16.9 Å². The van der Waals surface area contributed by atoms with Crippen LogP contribution in [0.15, 0.2) is 18.5 Å². The van der Waals surface area contributed by atoms with Gasteiger partial charge in [0.05, 0.1) is 6.54 Å². The Kier molecular flexibility index (Phi) is 3.96. The second-order valence-corrected chi connectivity index (χ2v) is 4.81. The first-order chi connectivity index (χ1) is 7.85. The van der Waals surface area contributed by atoms with Crippen molar-refractivity contribution in [2.24, 2.45) is 5.41 Å². The molecule has 2 N–H and O–H groups in total. The zero-order chi connectivity index (χ0) is 11.3. The number of aliphatic hydroxyl groups is 1. The summed E-state index contributed by atoms with van der Waals surface area (Å²) in [6, 6.07) is 1.94. The number of rotatable bonds is 6. The molecule has 0 spiro atoms. The van der Waals surface area contributed by atoms with E-state index >= 15 is 0 Å². The van der Waals surface area contributed by atoms with Crippen LogP contribution in [0.25, 0.3) is 0 Å². The average molecular weight is 223 g/mol. The molecule has 1 aliphatic carbocycles. The van der Waals surface area contributed by atoms with Crippen LogP contribution in [0.1, 0.15) is 25.7 Å². The normalized spacial score (nSPS) is 19.1. The standard InChI is InChI=1S/C12H21N3O/c16-11-12(4-1-2-5-12)10-13-7-9-15-8-3-6-14-15/h3,6,8,13,16H,1-2,4-5,7,9-11H2. The van der Waals surface area contributed by atoms with Crippen LogP contribution < -0.4 is 5.32 Å². The van der Waals surface area contributed by atoms with Crippen molar-refractivity contribution in [3.63, 3.8) is 0 Å². The van der Waals surface area contributed by atoms with Crippen molar-refractivity contribution in [1.82, 2.24) is 15.1 Å². The summed E-state index contributed by atoms with van der Waals surface area (Å²) in [6.45, 7) is 3.07. The fourth-order valence-corrected chi connectivity index (χ4v) is 2.50. The maximum absolute atomic E-state index is 9.44. The van der Waals surface area contributed by atoms with Gasteiger partial charge in [-0.05, 0) is 18.9 Å². The molecule has 0 aliphatic heterocycles. The van der Waals surface area contributed by atoms with Crippen LogP contribution in [0, 0.1) is 5.41 Å². The van der Waals surface area contributed by atoms with E-state index < -0.39 is 0 Å². The van der Waals surface area contributed by atoms with Crippen LogP contribution in [0.3, 0.4) is 0 Å². The highest BCUT2D eigenvalue weighted by Crippen LogP contribution is 2.36. The molecule has 0 unspecified atom stereocenters. The van der Waals surface area contributed by atoms with Gasteiger partial charge < -0.3 is 10.4 Å². The van der Waals surface area contributed by atoms with E-state index in [0.717, 1.165) is 32.5 Å². The molecular weight excluding hydrogens is 202 g/mol. The lowest BCUT2D eigenvalue weighted by atomic mass is 9.87. The summed E-state index contributed by atoms with van der Waals surface area (Å²) in [5, 5.41) is 17.0. The van der Waals surface area contributed by atoms with Crippen LogP contribution in [0.5, 0.6) is 0 Å². The first-order valence-electron chi connectivity index (χ1n) is 6.14. The third kappa shape index (κ3) is 2.83. The number of nitrogens with zero attached hydrogens (tertiary/aromatic N) is 2. The summed E-state index contributed by atoms with van der Waals surface area (Å²) in [5.41, 5.74) is 0.157. The van der Waals surface area contributed by atoms with Crippen molar-refractivity contribution in [2.45, 2.75) is 32.2 Å². The number of aliphatic hydroxyl groups excluding tert-OH is 1. The number of aromatic nitrogens is 2. The van der Waals surface area contributed by atoms with Gasteiger partial charge >= 0.3 is 0 Å². The van der Waals surface area contributed by atoms with Gasteiger partial charge in [-0.15, -0.1) is 0 Å². The van der Waals surface area contributed by atoms with E-state index in [1.54, 1.807) is 6.20 Å². The maximum atomic E-state index is 9.44. The molecule has 1 aliphatic rings. The van der Waals surface area contributed by atoms with Crippen LogP contribution in [-0.2, 0) is 6.54 Å². The molecule has 0 atom stereocenters. The minimum absolute atomic E-state index is 0.157. The Bertz CT molecular complexity index is 291. The quantitative estimate of drug-likeness (QED) is 0.708. The molecule has 0 amide bonds. The molecule has 0 saturated heterocycles. The molecule has 0 aromatic carbocycles. The van der Waals surface area contributed by atoms with Gasteiger partial charge in [0.25, 0.3) is 0 Å². The van der Waals surface area contributed by atoms with Gasteiger partial charge in [-0.2, -0.15) is 5.10 Å². The Hall–Kier alpha value is -0.870. The van der Waals surface area contributed by atoms with Crippen molar-refractivity contribution in [3.8, 4) is 0 Å². The summed E-state index contributed by atoms with van der Waals surface area (Å²) < 4.78 is 1.92. The second-order valence-electron chi connectivity index (χ2n) is 4.81. The van der Waals surface area contributed by atoms with Gasteiger partial charge in [-0.1, -0.05) is 12.8 Å². The van der Waals surface area contributed by atoms with Crippen LogP contribution in [0.4, 0.5) is 0 Å².